The summed E-state index contributed by atoms with van der Waals surface area (Å²) in [6.45, 7) is 8.79. The SMILES string of the molecule is CC(NCC(NC(=O)OC(C)(C)C)C1CC1)C1CC1. The van der Waals surface area contributed by atoms with Crippen LogP contribution in [0.4, 0.5) is 4.79 Å². The predicted octanol–water partition coefficient (Wildman–Crippen LogP) is 2.68. The summed E-state index contributed by atoms with van der Waals surface area (Å²) >= 11 is 0. The van der Waals surface area contributed by atoms with Gasteiger partial charge in [-0.1, -0.05) is 0 Å². The summed E-state index contributed by atoms with van der Waals surface area (Å²) in [5.74, 6) is 1.48. The van der Waals surface area contributed by atoms with Crippen molar-refractivity contribution in [2.24, 2.45) is 11.8 Å². The summed E-state index contributed by atoms with van der Waals surface area (Å²) in [4.78, 5) is 11.8. The van der Waals surface area contributed by atoms with Crippen molar-refractivity contribution in [2.45, 2.75) is 71.1 Å². The lowest BCUT2D eigenvalue weighted by molar-refractivity contribution is 0.0496. The first-order valence-electron chi connectivity index (χ1n) is 7.58. The minimum absolute atomic E-state index is 0.219. The topological polar surface area (TPSA) is 50.4 Å². The van der Waals surface area contributed by atoms with Crippen molar-refractivity contribution in [2.75, 3.05) is 6.54 Å². The van der Waals surface area contributed by atoms with E-state index in [-0.39, 0.29) is 12.1 Å². The molecule has 2 N–H and O–H groups in total. The summed E-state index contributed by atoms with van der Waals surface area (Å²) in [7, 11) is 0. The average Bonchev–Trinajstić information content (AvgIpc) is 3.15. The number of rotatable bonds is 6. The Hall–Kier alpha value is -0.770. The maximum Gasteiger partial charge on any atom is 0.407 e. The van der Waals surface area contributed by atoms with E-state index in [2.05, 4.69) is 17.6 Å². The van der Waals surface area contributed by atoms with Gasteiger partial charge in [0.1, 0.15) is 5.60 Å². The van der Waals surface area contributed by atoms with Crippen LogP contribution >= 0.6 is 0 Å². The van der Waals surface area contributed by atoms with Crippen LogP contribution in [0.3, 0.4) is 0 Å². The smallest absolute Gasteiger partial charge is 0.407 e. The molecule has 2 fully saturated rings. The van der Waals surface area contributed by atoms with E-state index in [0.717, 1.165) is 12.5 Å². The van der Waals surface area contributed by atoms with Gasteiger partial charge in [0.05, 0.1) is 0 Å². The first-order valence-corrected chi connectivity index (χ1v) is 7.58. The Balaban J connectivity index is 1.74. The number of hydrogen-bond acceptors (Lipinski definition) is 3. The highest BCUT2D eigenvalue weighted by Crippen LogP contribution is 2.34. The van der Waals surface area contributed by atoms with Gasteiger partial charge in [-0.2, -0.15) is 0 Å². The highest BCUT2D eigenvalue weighted by atomic mass is 16.6. The third-order valence-electron chi connectivity index (χ3n) is 3.88. The Kier molecular flexibility index (Phi) is 4.39. The number of carbonyl (C=O) groups is 1. The van der Waals surface area contributed by atoms with E-state index in [4.69, 9.17) is 4.74 Å². The molecule has 0 radical (unpaired) electrons. The number of carbonyl (C=O) groups excluding carboxylic acids is 1. The Morgan fingerprint density at radius 2 is 1.79 bits per heavy atom. The Morgan fingerprint density at radius 3 is 2.26 bits per heavy atom. The zero-order valence-corrected chi connectivity index (χ0v) is 12.7. The van der Waals surface area contributed by atoms with Crippen LogP contribution in [0.15, 0.2) is 0 Å². The molecule has 4 nitrogen and oxygen atoms in total. The number of alkyl carbamates (subject to hydrolysis) is 1. The molecule has 0 saturated heterocycles. The van der Waals surface area contributed by atoms with Gasteiger partial charge in [-0.15, -0.1) is 0 Å². The molecule has 2 atom stereocenters. The highest BCUT2D eigenvalue weighted by Gasteiger charge is 2.34. The lowest BCUT2D eigenvalue weighted by atomic mass is 10.1. The van der Waals surface area contributed by atoms with Gasteiger partial charge in [0.15, 0.2) is 0 Å². The second-order valence-corrected chi connectivity index (χ2v) is 7.12. The van der Waals surface area contributed by atoms with Gasteiger partial charge in [0.2, 0.25) is 0 Å². The molecular formula is C15H28N2O2. The maximum absolute atomic E-state index is 11.8. The van der Waals surface area contributed by atoms with Crippen LogP contribution < -0.4 is 10.6 Å². The normalized spacial score (nSPS) is 22.7. The van der Waals surface area contributed by atoms with E-state index in [1.807, 2.05) is 20.8 Å². The molecule has 2 unspecified atom stereocenters. The van der Waals surface area contributed by atoms with Crippen molar-refractivity contribution < 1.29 is 9.53 Å². The molecule has 110 valence electrons. The summed E-state index contributed by atoms with van der Waals surface area (Å²) in [6.07, 6.45) is 4.86. The second-order valence-electron chi connectivity index (χ2n) is 7.12. The lowest BCUT2D eigenvalue weighted by Crippen LogP contribution is -2.47. The molecule has 0 aliphatic heterocycles. The van der Waals surface area contributed by atoms with Crippen LogP contribution in [0, 0.1) is 11.8 Å². The molecule has 0 aromatic carbocycles. The molecule has 2 rings (SSSR count). The molecule has 2 saturated carbocycles. The van der Waals surface area contributed by atoms with Crippen molar-refractivity contribution in [3.63, 3.8) is 0 Å². The largest absolute Gasteiger partial charge is 0.444 e. The van der Waals surface area contributed by atoms with E-state index >= 15 is 0 Å². The highest BCUT2D eigenvalue weighted by molar-refractivity contribution is 5.68. The second kappa shape index (κ2) is 5.70. The lowest BCUT2D eigenvalue weighted by Gasteiger charge is -2.25. The van der Waals surface area contributed by atoms with Gasteiger partial charge >= 0.3 is 6.09 Å². The molecule has 0 aromatic rings. The first-order chi connectivity index (χ1) is 8.85. The van der Waals surface area contributed by atoms with E-state index < -0.39 is 5.60 Å². The van der Waals surface area contributed by atoms with Crippen molar-refractivity contribution in [1.29, 1.82) is 0 Å². The molecule has 0 bridgehead atoms. The van der Waals surface area contributed by atoms with Gasteiger partial charge in [0.25, 0.3) is 0 Å². The zero-order valence-electron chi connectivity index (χ0n) is 12.7. The fourth-order valence-corrected chi connectivity index (χ4v) is 2.37. The van der Waals surface area contributed by atoms with Gasteiger partial charge in [-0.05, 0) is 65.2 Å². The number of amides is 1. The third-order valence-corrected chi connectivity index (χ3v) is 3.88. The number of nitrogens with one attached hydrogen (secondary N) is 2. The van der Waals surface area contributed by atoms with Crippen LogP contribution in [0.1, 0.15) is 53.4 Å². The molecule has 2 aliphatic rings. The van der Waals surface area contributed by atoms with Gasteiger partial charge in [0, 0.05) is 18.6 Å². The van der Waals surface area contributed by atoms with Crippen molar-refractivity contribution >= 4 is 6.09 Å². The molecule has 1 amide bonds. The van der Waals surface area contributed by atoms with Crippen LogP contribution in [-0.4, -0.2) is 30.3 Å². The zero-order chi connectivity index (χ0) is 14.0. The molecule has 0 spiro atoms. The molecule has 0 aromatic heterocycles. The fourth-order valence-electron chi connectivity index (χ4n) is 2.37. The summed E-state index contributed by atoms with van der Waals surface area (Å²) in [5, 5.41) is 6.59. The molecule has 4 heteroatoms. The quantitative estimate of drug-likeness (QED) is 0.778. The third kappa shape index (κ3) is 5.39. The first kappa shape index (κ1) is 14.6. The summed E-state index contributed by atoms with van der Waals surface area (Å²) < 4.78 is 5.33. The molecule has 0 heterocycles. The van der Waals surface area contributed by atoms with Crippen molar-refractivity contribution in [1.82, 2.24) is 10.6 Å². The van der Waals surface area contributed by atoms with E-state index in [9.17, 15) is 4.79 Å². The van der Waals surface area contributed by atoms with E-state index in [1.54, 1.807) is 0 Å². The van der Waals surface area contributed by atoms with Gasteiger partial charge < -0.3 is 15.4 Å². The average molecular weight is 268 g/mol. The van der Waals surface area contributed by atoms with Crippen LogP contribution in [0.25, 0.3) is 0 Å². The number of ether oxygens (including phenoxy) is 1. The monoisotopic (exact) mass is 268 g/mol. The Morgan fingerprint density at radius 1 is 1.21 bits per heavy atom. The predicted molar refractivity (Wildman–Crippen MR) is 76.1 cm³/mol. The van der Waals surface area contributed by atoms with E-state index in [0.29, 0.717) is 12.0 Å². The van der Waals surface area contributed by atoms with Crippen molar-refractivity contribution in [3.05, 3.63) is 0 Å². The fraction of sp³-hybridized carbons (Fsp3) is 0.933. The minimum Gasteiger partial charge on any atom is -0.444 e. The summed E-state index contributed by atoms with van der Waals surface area (Å²) in [5.41, 5.74) is -0.424. The van der Waals surface area contributed by atoms with Crippen LogP contribution in [0.5, 0.6) is 0 Å². The molecule has 2 aliphatic carbocycles. The van der Waals surface area contributed by atoms with Gasteiger partial charge in [-0.25, -0.2) is 4.79 Å². The maximum atomic E-state index is 11.8. The van der Waals surface area contributed by atoms with Crippen molar-refractivity contribution in [3.8, 4) is 0 Å². The van der Waals surface area contributed by atoms with E-state index in [1.165, 1.54) is 25.7 Å². The summed E-state index contributed by atoms with van der Waals surface area (Å²) in [6, 6.07) is 0.790. The Labute approximate surface area is 116 Å². The standard InChI is InChI=1S/C15H28N2O2/c1-10(11-5-6-11)16-9-13(12-7-8-12)17-14(18)19-15(2,3)4/h10-13,16H,5-9H2,1-4H3,(H,17,18). The van der Waals surface area contributed by atoms with Crippen LogP contribution in [0.2, 0.25) is 0 Å². The Bertz CT molecular complexity index is 317. The molecular weight excluding hydrogens is 240 g/mol. The van der Waals surface area contributed by atoms with Crippen LogP contribution in [-0.2, 0) is 4.74 Å². The van der Waals surface area contributed by atoms with Gasteiger partial charge in [-0.3, -0.25) is 0 Å². The minimum atomic E-state index is -0.424. The number of hydrogen-bond donors (Lipinski definition) is 2. The molecule has 19 heavy (non-hydrogen) atoms.